The van der Waals surface area contributed by atoms with Gasteiger partial charge in [0.15, 0.2) is 0 Å². The molecule has 5 heteroatoms. The van der Waals surface area contributed by atoms with Crippen LogP contribution in [-0.4, -0.2) is 37.4 Å². The molecule has 0 aliphatic carbocycles. The summed E-state index contributed by atoms with van der Waals surface area (Å²) in [7, 11) is 4.14. The van der Waals surface area contributed by atoms with Crippen LogP contribution >= 0.6 is 0 Å². The quantitative estimate of drug-likeness (QED) is 0.671. The van der Waals surface area contributed by atoms with E-state index in [4.69, 9.17) is 4.42 Å². The molecule has 0 atom stereocenters. The van der Waals surface area contributed by atoms with Gasteiger partial charge in [0.05, 0.1) is 0 Å². The van der Waals surface area contributed by atoms with Gasteiger partial charge in [-0.05, 0) is 62.4 Å². The van der Waals surface area contributed by atoms with Crippen LogP contribution in [0.1, 0.15) is 13.8 Å². The predicted octanol–water partition coefficient (Wildman–Crippen LogP) is 4.32. The molecule has 0 aliphatic heterocycles. The maximum Gasteiger partial charge on any atom is 0.248 e. The van der Waals surface area contributed by atoms with Crippen molar-refractivity contribution in [1.29, 1.82) is 0 Å². The van der Waals surface area contributed by atoms with Crippen molar-refractivity contribution < 1.29 is 4.42 Å². The molecule has 0 N–H and O–H groups in total. The monoisotopic (exact) mass is 336 g/mol. The van der Waals surface area contributed by atoms with Gasteiger partial charge in [0.2, 0.25) is 11.8 Å². The van der Waals surface area contributed by atoms with Crippen LogP contribution in [0.2, 0.25) is 0 Å². The molecule has 1 heterocycles. The number of anilines is 2. The molecule has 0 unspecified atom stereocenters. The number of benzene rings is 2. The fraction of sp³-hybridized carbons (Fsp3) is 0.300. The van der Waals surface area contributed by atoms with Crippen molar-refractivity contribution in [1.82, 2.24) is 10.2 Å². The van der Waals surface area contributed by atoms with E-state index in [-0.39, 0.29) is 0 Å². The lowest BCUT2D eigenvalue weighted by atomic mass is 10.2. The minimum atomic E-state index is 0.537. The summed E-state index contributed by atoms with van der Waals surface area (Å²) in [6.45, 7) is 6.18. The topological polar surface area (TPSA) is 45.4 Å². The van der Waals surface area contributed by atoms with Gasteiger partial charge in [-0.25, -0.2) is 0 Å². The predicted molar refractivity (Wildman–Crippen MR) is 103 cm³/mol. The first-order valence-electron chi connectivity index (χ1n) is 8.59. The largest absolute Gasteiger partial charge is 0.416 e. The summed E-state index contributed by atoms with van der Waals surface area (Å²) >= 11 is 0. The first-order valence-corrected chi connectivity index (χ1v) is 8.59. The third kappa shape index (κ3) is 3.65. The van der Waals surface area contributed by atoms with E-state index in [1.165, 1.54) is 11.4 Å². The molecule has 5 nitrogen and oxygen atoms in total. The van der Waals surface area contributed by atoms with Gasteiger partial charge in [0.25, 0.3) is 0 Å². The third-order valence-electron chi connectivity index (χ3n) is 4.48. The van der Waals surface area contributed by atoms with E-state index in [1.54, 1.807) is 0 Å². The molecule has 2 aromatic carbocycles. The van der Waals surface area contributed by atoms with Crippen molar-refractivity contribution in [2.75, 3.05) is 37.0 Å². The molecule has 0 fully saturated rings. The molecule has 3 rings (SSSR count). The molecule has 130 valence electrons. The van der Waals surface area contributed by atoms with Crippen LogP contribution in [-0.2, 0) is 0 Å². The van der Waals surface area contributed by atoms with Crippen LogP contribution in [0.3, 0.4) is 0 Å². The van der Waals surface area contributed by atoms with Crippen molar-refractivity contribution >= 4 is 11.4 Å². The maximum absolute atomic E-state index is 5.86. The lowest BCUT2D eigenvalue weighted by molar-refractivity contribution is 0.584. The second-order valence-corrected chi connectivity index (χ2v) is 6.03. The minimum Gasteiger partial charge on any atom is -0.416 e. The van der Waals surface area contributed by atoms with E-state index in [0.29, 0.717) is 11.8 Å². The van der Waals surface area contributed by atoms with Gasteiger partial charge in [-0.1, -0.05) is 0 Å². The standard InChI is InChI=1S/C20H24N4O/c1-5-23(3)17-11-7-15(8-12-17)19-21-22-20(25-19)16-9-13-18(14-10-16)24(4)6-2/h7-14H,5-6H2,1-4H3. The smallest absolute Gasteiger partial charge is 0.248 e. The van der Waals surface area contributed by atoms with Gasteiger partial charge in [-0.15, -0.1) is 10.2 Å². The Labute approximate surface area is 148 Å². The second kappa shape index (κ2) is 7.38. The number of hydrogen-bond donors (Lipinski definition) is 0. The summed E-state index contributed by atoms with van der Waals surface area (Å²) < 4.78 is 5.86. The van der Waals surface area contributed by atoms with Gasteiger partial charge in [0.1, 0.15) is 0 Å². The van der Waals surface area contributed by atoms with Gasteiger partial charge in [-0.2, -0.15) is 0 Å². The van der Waals surface area contributed by atoms with Crippen LogP contribution in [0.4, 0.5) is 11.4 Å². The van der Waals surface area contributed by atoms with Gasteiger partial charge >= 0.3 is 0 Å². The van der Waals surface area contributed by atoms with Crippen LogP contribution in [0.15, 0.2) is 52.9 Å². The van der Waals surface area contributed by atoms with Crippen LogP contribution < -0.4 is 9.80 Å². The van der Waals surface area contributed by atoms with Gasteiger partial charge < -0.3 is 14.2 Å². The van der Waals surface area contributed by atoms with E-state index in [1.807, 2.05) is 24.3 Å². The van der Waals surface area contributed by atoms with Crippen LogP contribution in [0, 0.1) is 0 Å². The van der Waals surface area contributed by atoms with E-state index < -0.39 is 0 Å². The molecule has 0 saturated heterocycles. The summed E-state index contributed by atoms with van der Waals surface area (Å²) in [4.78, 5) is 4.36. The number of aromatic nitrogens is 2. The highest BCUT2D eigenvalue weighted by atomic mass is 16.4. The lowest BCUT2D eigenvalue weighted by Gasteiger charge is -2.16. The second-order valence-electron chi connectivity index (χ2n) is 6.03. The maximum atomic E-state index is 5.86. The summed E-state index contributed by atoms with van der Waals surface area (Å²) in [5, 5.41) is 8.38. The Kier molecular flexibility index (Phi) is 5.03. The molecule has 0 radical (unpaired) electrons. The van der Waals surface area contributed by atoms with E-state index in [9.17, 15) is 0 Å². The fourth-order valence-electron chi connectivity index (χ4n) is 2.54. The first-order chi connectivity index (χ1) is 12.1. The molecule has 0 aliphatic rings. The Morgan fingerprint density at radius 3 is 1.36 bits per heavy atom. The Balaban J connectivity index is 1.80. The Morgan fingerprint density at radius 1 is 0.680 bits per heavy atom. The molecule has 0 bridgehead atoms. The Hall–Kier alpha value is -2.82. The molecular formula is C20H24N4O. The molecule has 0 spiro atoms. The molecule has 0 amide bonds. The Morgan fingerprint density at radius 2 is 1.04 bits per heavy atom. The van der Waals surface area contributed by atoms with Crippen molar-refractivity contribution in [3.8, 4) is 22.9 Å². The fourth-order valence-corrected chi connectivity index (χ4v) is 2.54. The average Bonchev–Trinajstić information content (AvgIpc) is 3.17. The molecule has 0 saturated carbocycles. The molecule has 1 aromatic heterocycles. The summed E-state index contributed by atoms with van der Waals surface area (Å²) in [6, 6.07) is 16.3. The highest BCUT2D eigenvalue weighted by Gasteiger charge is 2.11. The highest BCUT2D eigenvalue weighted by molar-refractivity contribution is 5.62. The van der Waals surface area contributed by atoms with Crippen molar-refractivity contribution in [3.05, 3.63) is 48.5 Å². The van der Waals surface area contributed by atoms with E-state index >= 15 is 0 Å². The summed E-state index contributed by atoms with van der Waals surface area (Å²) in [5.41, 5.74) is 4.19. The molecule has 3 aromatic rings. The highest BCUT2D eigenvalue weighted by Crippen LogP contribution is 2.26. The van der Waals surface area contributed by atoms with Crippen molar-refractivity contribution in [2.45, 2.75) is 13.8 Å². The first kappa shape index (κ1) is 17.0. The van der Waals surface area contributed by atoms with Crippen LogP contribution in [0.25, 0.3) is 22.9 Å². The van der Waals surface area contributed by atoms with Crippen molar-refractivity contribution in [2.24, 2.45) is 0 Å². The summed E-state index contributed by atoms with van der Waals surface area (Å²) in [5.74, 6) is 1.07. The van der Waals surface area contributed by atoms with Crippen molar-refractivity contribution in [3.63, 3.8) is 0 Å². The Bertz CT molecular complexity index is 740. The number of nitrogens with zero attached hydrogens (tertiary/aromatic N) is 4. The number of rotatable bonds is 6. The normalized spacial score (nSPS) is 10.7. The zero-order valence-electron chi connectivity index (χ0n) is 15.2. The minimum absolute atomic E-state index is 0.537. The van der Waals surface area contributed by atoms with Crippen LogP contribution in [0.5, 0.6) is 0 Å². The zero-order valence-corrected chi connectivity index (χ0v) is 15.2. The van der Waals surface area contributed by atoms with Gasteiger partial charge in [-0.3, -0.25) is 0 Å². The number of hydrogen-bond acceptors (Lipinski definition) is 5. The molecule has 25 heavy (non-hydrogen) atoms. The zero-order chi connectivity index (χ0) is 17.8. The summed E-state index contributed by atoms with van der Waals surface area (Å²) in [6.07, 6.45) is 0. The average molecular weight is 336 g/mol. The molecular weight excluding hydrogens is 312 g/mol. The third-order valence-corrected chi connectivity index (χ3v) is 4.48. The van der Waals surface area contributed by atoms with E-state index in [2.05, 4.69) is 72.2 Å². The lowest BCUT2D eigenvalue weighted by Crippen LogP contribution is -2.15. The SMILES string of the molecule is CCN(C)c1ccc(-c2nnc(-c3ccc(N(C)CC)cc3)o2)cc1. The van der Waals surface area contributed by atoms with Gasteiger partial charge in [0, 0.05) is 49.7 Å². The van der Waals surface area contributed by atoms with E-state index in [0.717, 1.165) is 24.2 Å².